The van der Waals surface area contributed by atoms with Gasteiger partial charge in [-0.2, -0.15) is 0 Å². The van der Waals surface area contributed by atoms with Gasteiger partial charge in [0.1, 0.15) is 0 Å². The molecular formula is C19H27N3O3. The number of nitrogens with zero attached hydrogens (tertiary/aromatic N) is 3. The van der Waals surface area contributed by atoms with E-state index in [-0.39, 0.29) is 17.2 Å². The Morgan fingerprint density at radius 1 is 1.28 bits per heavy atom. The lowest BCUT2D eigenvalue weighted by molar-refractivity contribution is -0.144. The highest BCUT2D eigenvalue weighted by molar-refractivity contribution is 5.78. The lowest BCUT2D eigenvalue weighted by Crippen LogP contribution is -2.54. The third-order valence-electron chi connectivity index (χ3n) is 5.41. The molecule has 0 aromatic carbocycles. The summed E-state index contributed by atoms with van der Waals surface area (Å²) in [5.74, 6) is 0.378. The summed E-state index contributed by atoms with van der Waals surface area (Å²) in [7, 11) is 1.62. The molecule has 6 heteroatoms. The molecule has 2 amide bonds. The van der Waals surface area contributed by atoms with Crippen LogP contribution >= 0.6 is 0 Å². The Morgan fingerprint density at radius 3 is 2.84 bits per heavy atom. The van der Waals surface area contributed by atoms with Crippen molar-refractivity contribution in [1.82, 2.24) is 14.8 Å². The zero-order valence-corrected chi connectivity index (χ0v) is 14.9. The van der Waals surface area contributed by atoms with Gasteiger partial charge < -0.3 is 14.5 Å². The van der Waals surface area contributed by atoms with Crippen molar-refractivity contribution in [2.75, 3.05) is 33.4 Å². The molecule has 0 radical (unpaired) electrons. The molecule has 1 atom stereocenters. The number of methoxy groups -OCH3 is 1. The molecule has 0 saturated carbocycles. The van der Waals surface area contributed by atoms with E-state index in [4.69, 9.17) is 4.74 Å². The molecule has 1 spiro atoms. The van der Waals surface area contributed by atoms with Crippen molar-refractivity contribution < 1.29 is 14.3 Å². The van der Waals surface area contributed by atoms with E-state index in [1.165, 1.54) is 0 Å². The quantitative estimate of drug-likeness (QED) is 0.817. The van der Waals surface area contributed by atoms with Crippen LogP contribution in [0.5, 0.6) is 0 Å². The molecule has 2 aliphatic rings. The van der Waals surface area contributed by atoms with Gasteiger partial charge in [0, 0.05) is 57.5 Å². The highest BCUT2D eigenvalue weighted by Crippen LogP contribution is 2.39. The highest BCUT2D eigenvalue weighted by Gasteiger charge is 2.42. The van der Waals surface area contributed by atoms with E-state index in [2.05, 4.69) is 4.98 Å². The molecule has 25 heavy (non-hydrogen) atoms. The Balaban J connectivity index is 1.66. The lowest BCUT2D eigenvalue weighted by atomic mass is 9.73. The summed E-state index contributed by atoms with van der Waals surface area (Å²) < 4.78 is 5.03. The molecule has 0 unspecified atom stereocenters. The number of carbonyl (C=O) groups excluding carboxylic acids is 2. The van der Waals surface area contributed by atoms with Gasteiger partial charge in [-0.1, -0.05) is 0 Å². The second-order valence-corrected chi connectivity index (χ2v) is 7.27. The minimum Gasteiger partial charge on any atom is -0.384 e. The molecule has 0 bridgehead atoms. The van der Waals surface area contributed by atoms with Crippen LogP contribution in [-0.2, 0) is 20.9 Å². The van der Waals surface area contributed by atoms with E-state index >= 15 is 0 Å². The van der Waals surface area contributed by atoms with Crippen LogP contribution in [0.1, 0.15) is 37.7 Å². The third-order valence-corrected chi connectivity index (χ3v) is 5.41. The largest absolute Gasteiger partial charge is 0.384 e. The van der Waals surface area contributed by atoms with Gasteiger partial charge in [0.2, 0.25) is 11.8 Å². The first-order chi connectivity index (χ1) is 12.1. The SMILES string of the molecule is COCCC(=O)N1CCC[C@]2(CCC(=O)N(Cc3ccncc3)C2)C1. The van der Waals surface area contributed by atoms with Gasteiger partial charge in [-0.15, -0.1) is 0 Å². The number of aromatic nitrogens is 1. The average molecular weight is 345 g/mol. The summed E-state index contributed by atoms with van der Waals surface area (Å²) in [4.78, 5) is 32.7. The normalized spacial score (nSPS) is 24.0. The van der Waals surface area contributed by atoms with Gasteiger partial charge in [-0.3, -0.25) is 14.6 Å². The van der Waals surface area contributed by atoms with E-state index in [0.717, 1.165) is 44.5 Å². The van der Waals surface area contributed by atoms with Crippen LogP contribution in [0.2, 0.25) is 0 Å². The number of carbonyl (C=O) groups is 2. The first kappa shape index (κ1) is 17.9. The van der Waals surface area contributed by atoms with Crippen molar-refractivity contribution in [1.29, 1.82) is 0 Å². The molecule has 1 aromatic heterocycles. The summed E-state index contributed by atoms with van der Waals surface area (Å²) >= 11 is 0. The van der Waals surface area contributed by atoms with Crippen LogP contribution < -0.4 is 0 Å². The van der Waals surface area contributed by atoms with E-state index in [0.29, 0.717) is 26.0 Å². The number of hydrogen-bond acceptors (Lipinski definition) is 4. The van der Waals surface area contributed by atoms with E-state index < -0.39 is 0 Å². The smallest absolute Gasteiger partial charge is 0.224 e. The number of ether oxygens (including phenoxy) is 1. The van der Waals surface area contributed by atoms with Crippen LogP contribution in [0.25, 0.3) is 0 Å². The number of piperidine rings is 2. The van der Waals surface area contributed by atoms with Gasteiger partial charge in [-0.05, 0) is 37.0 Å². The summed E-state index contributed by atoms with van der Waals surface area (Å²) in [5, 5.41) is 0. The molecule has 136 valence electrons. The molecule has 0 aliphatic carbocycles. The molecule has 3 rings (SSSR count). The standard InChI is InChI=1S/C19H27N3O3/c1-25-12-6-18(24)21-11-2-7-19(14-21)8-3-17(23)22(15-19)13-16-4-9-20-10-5-16/h4-5,9-10H,2-3,6-8,11-15H2,1H3/t19-/m0/s1. The van der Waals surface area contributed by atoms with Crippen molar-refractivity contribution in [3.8, 4) is 0 Å². The fraction of sp³-hybridized carbons (Fsp3) is 0.632. The van der Waals surface area contributed by atoms with Gasteiger partial charge in [0.05, 0.1) is 13.0 Å². The molecule has 2 aliphatic heterocycles. The van der Waals surface area contributed by atoms with Gasteiger partial charge in [0.25, 0.3) is 0 Å². The zero-order valence-electron chi connectivity index (χ0n) is 14.9. The fourth-order valence-corrected chi connectivity index (χ4v) is 4.06. The predicted octanol–water partition coefficient (Wildman–Crippen LogP) is 1.85. The summed E-state index contributed by atoms with van der Waals surface area (Å²) in [6, 6.07) is 3.91. The van der Waals surface area contributed by atoms with Crippen LogP contribution in [-0.4, -0.2) is 59.9 Å². The van der Waals surface area contributed by atoms with Crippen molar-refractivity contribution in [2.45, 2.75) is 38.6 Å². The maximum atomic E-state index is 12.4. The number of pyridine rings is 1. The van der Waals surface area contributed by atoms with Gasteiger partial charge >= 0.3 is 0 Å². The Labute approximate surface area is 149 Å². The number of likely N-dealkylation sites (tertiary alicyclic amines) is 2. The molecule has 2 fully saturated rings. The molecular weight excluding hydrogens is 318 g/mol. The van der Waals surface area contributed by atoms with E-state index in [1.54, 1.807) is 19.5 Å². The monoisotopic (exact) mass is 345 g/mol. The minimum atomic E-state index is 0.0436. The third kappa shape index (κ3) is 4.37. The second-order valence-electron chi connectivity index (χ2n) is 7.27. The predicted molar refractivity (Wildman–Crippen MR) is 93.6 cm³/mol. The molecule has 0 N–H and O–H groups in total. The Hall–Kier alpha value is -1.95. The Morgan fingerprint density at radius 2 is 2.08 bits per heavy atom. The summed E-state index contributed by atoms with van der Waals surface area (Å²) in [6.07, 6.45) is 7.51. The Bertz CT molecular complexity index is 607. The highest BCUT2D eigenvalue weighted by atomic mass is 16.5. The molecule has 1 aromatic rings. The first-order valence-corrected chi connectivity index (χ1v) is 9.05. The van der Waals surface area contributed by atoms with Gasteiger partial charge in [0.15, 0.2) is 0 Å². The maximum absolute atomic E-state index is 12.4. The fourth-order valence-electron chi connectivity index (χ4n) is 4.06. The zero-order chi connectivity index (χ0) is 17.7. The van der Waals surface area contributed by atoms with Crippen molar-refractivity contribution >= 4 is 11.8 Å². The van der Waals surface area contributed by atoms with Crippen LogP contribution in [0.15, 0.2) is 24.5 Å². The lowest BCUT2D eigenvalue weighted by Gasteiger charge is -2.48. The van der Waals surface area contributed by atoms with Crippen LogP contribution in [0, 0.1) is 5.41 Å². The number of rotatable bonds is 5. The Kier molecular flexibility index (Phi) is 5.68. The average Bonchev–Trinajstić information content (AvgIpc) is 2.64. The van der Waals surface area contributed by atoms with Crippen molar-refractivity contribution in [3.63, 3.8) is 0 Å². The minimum absolute atomic E-state index is 0.0436. The molecule has 3 heterocycles. The molecule has 2 saturated heterocycles. The summed E-state index contributed by atoms with van der Waals surface area (Å²) in [5.41, 5.74) is 1.14. The van der Waals surface area contributed by atoms with E-state index in [9.17, 15) is 9.59 Å². The van der Waals surface area contributed by atoms with E-state index in [1.807, 2.05) is 21.9 Å². The second kappa shape index (κ2) is 7.95. The van der Waals surface area contributed by atoms with Crippen LogP contribution in [0.3, 0.4) is 0 Å². The van der Waals surface area contributed by atoms with Crippen molar-refractivity contribution in [3.05, 3.63) is 30.1 Å². The number of hydrogen-bond donors (Lipinski definition) is 0. The van der Waals surface area contributed by atoms with Crippen LogP contribution in [0.4, 0.5) is 0 Å². The van der Waals surface area contributed by atoms with Crippen molar-refractivity contribution in [2.24, 2.45) is 5.41 Å². The number of amides is 2. The first-order valence-electron chi connectivity index (χ1n) is 9.05. The maximum Gasteiger partial charge on any atom is 0.224 e. The summed E-state index contributed by atoms with van der Waals surface area (Å²) in [6.45, 7) is 3.41. The topological polar surface area (TPSA) is 62.7 Å². The molecule has 6 nitrogen and oxygen atoms in total. The van der Waals surface area contributed by atoms with Gasteiger partial charge in [-0.25, -0.2) is 0 Å².